The Labute approximate surface area is 147 Å². The summed E-state index contributed by atoms with van der Waals surface area (Å²) < 4.78 is 24.5. The zero-order valence-corrected chi connectivity index (χ0v) is 15.9. The minimum Gasteiger partial charge on any atom is -0.302 e. The fraction of sp³-hybridized carbons (Fsp3) is 0.750. The van der Waals surface area contributed by atoms with Gasteiger partial charge in [0, 0.05) is 24.4 Å². The lowest BCUT2D eigenvalue weighted by molar-refractivity contribution is -0.117. The maximum absolute atomic E-state index is 12.3. The number of anilines is 1. The Kier molecular flexibility index (Phi) is 5.27. The number of hydrogen-bond donors (Lipinski definition) is 1. The van der Waals surface area contributed by atoms with Crippen LogP contribution in [0.15, 0.2) is 0 Å². The number of nitrogens with zero attached hydrogens (tertiary/aromatic N) is 2. The molecule has 6 nitrogen and oxygen atoms in total. The topological polar surface area (TPSA) is 79.4 Å². The highest BCUT2D eigenvalue weighted by Crippen LogP contribution is 2.32. The lowest BCUT2D eigenvalue weighted by Gasteiger charge is -2.29. The molecule has 1 aliphatic heterocycles. The van der Waals surface area contributed by atoms with Gasteiger partial charge in [0.2, 0.25) is 15.9 Å². The maximum atomic E-state index is 12.3. The third kappa shape index (κ3) is 4.34. The first kappa shape index (κ1) is 17.8. The molecule has 2 heterocycles. The van der Waals surface area contributed by atoms with E-state index < -0.39 is 10.0 Å². The number of nitrogens with one attached hydrogen (secondary N) is 1. The second-order valence-corrected chi connectivity index (χ2v) is 10.2. The molecule has 1 atom stereocenters. The summed E-state index contributed by atoms with van der Waals surface area (Å²) in [5, 5.41) is 3.65. The normalized spacial score (nSPS) is 23.0. The van der Waals surface area contributed by atoms with E-state index in [1.165, 1.54) is 21.9 Å². The van der Waals surface area contributed by atoms with Gasteiger partial charge < -0.3 is 5.32 Å². The van der Waals surface area contributed by atoms with Crippen LogP contribution in [0.3, 0.4) is 0 Å². The van der Waals surface area contributed by atoms with Crippen molar-refractivity contribution >= 4 is 32.4 Å². The summed E-state index contributed by atoms with van der Waals surface area (Å²) in [5.74, 6) is 0.936. The van der Waals surface area contributed by atoms with E-state index in [0.717, 1.165) is 31.4 Å². The van der Waals surface area contributed by atoms with Gasteiger partial charge in [-0.05, 0) is 43.9 Å². The lowest BCUT2D eigenvalue weighted by Crippen LogP contribution is -2.38. The van der Waals surface area contributed by atoms with Crippen LogP contribution >= 0.6 is 11.3 Å². The van der Waals surface area contributed by atoms with Crippen molar-refractivity contribution in [3.63, 3.8) is 0 Å². The van der Waals surface area contributed by atoms with E-state index in [-0.39, 0.29) is 11.8 Å². The highest BCUT2D eigenvalue weighted by molar-refractivity contribution is 7.88. The molecule has 0 aromatic carbocycles. The maximum Gasteiger partial charge on any atom is 0.226 e. The minimum atomic E-state index is -3.11. The summed E-state index contributed by atoms with van der Waals surface area (Å²) >= 11 is 1.60. The first-order valence-corrected chi connectivity index (χ1v) is 11.2. The third-order valence-corrected chi connectivity index (χ3v) is 7.29. The highest BCUT2D eigenvalue weighted by Gasteiger charge is 2.27. The molecule has 3 rings (SSSR count). The van der Waals surface area contributed by atoms with Crippen molar-refractivity contribution in [1.82, 2.24) is 9.29 Å². The van der Waals surface area contributed by atoms with E-state index in [1.807, 2.05) is 0 Å². The van der Waals surface area contributed by atoms with Gasteiger partial charge in [0.1, 0.15) is 0 Å². The number of fused-ring (bicyclic) bond motifs is 1. The Balaban J connectivity index is 1.50. The number of rotatable bonds is 4. The molecular weight excluding hydrogens is 346 g/mol. The second-order valence-electron chi connectivity index (χ2n) is 7.09. The number of amides is 1. The number of hydrogen-bond acceptors (Lipinski definition) is 5. The Morgan fingerprint density at radius 3 is 2.71 bits per heavy atom. The zero-order chi connectivity index (χ0) is 17.3. The van der Waals surface area contributed by atoms with Crippen LogP contribution in [0.4, 0.5) is 5.13 Å². The van der Waals surface area contributed by atoms with Crippen LogP contribution in [0.2, 0.25) is 0 Å². The molecule has 1 N–H and O–H groups in total. The molecule has 8 heteroatoms. The van der Waals surface area contributed by atoms with Crippen LogP contribution in [0, 0.1) is 11.8 Å². The smallest absolute Gasteiger partial charge is 0.226 e. The molecular formula is C16H25N3O3S2. The molecule has 2 aliphatic rings. The van der Waals surface area contributed by atoms with Gasteiger partial charge in [-0.1, -0.05) is 6.92 Å². The average Bonchev–Trinajstić information content (AvgIpc) is 2.87. The van der Waals surface area contributed by atoms with Crippen molar-refractivity contribution in [2.75, 3.05) is 24.7 Å². The van der Waals surface area contributed by atoms with Gasteiger partial charge in [-0.2, -0.15) is 0 Å². The van der Waals surface area contributed by atoms with Crippen molar-refractivity contribution in [2.24, 2.45) is 11.8 Å². The molecule has 1 fully saturated rings. The number of sulfonamides is 1. The van der Waals surface area contributed by atoms with E-state index in [4.69, 9.17) is 0 Å². The van der Waals surface area contributed by atoms with Crippen LogP contribution < -0.4 is 5.32 Å². The number of aryl methyl sites for hydroxylation is 1. The monoisotopic (exact) mass is 371 g/mol. The van der Waals surface area contributed by atoms with Crippen LogP contribution in [-0.2, 0) is 27.7 Å². The van der Waals surface area contributed by atoms with E-state index in [0.29, 0.717) is 30.6 Å². The van der Waals surface area contributed by atoms with Gasteiger partial charge in [-0.15, -0.1) is 11.3 Å². The first-order chi connectivity index (χ1) is 11.3. The molecule has 1 saturated heterocycles. The number of carbonyl (C=O) groups is 1. The predicted molar refractivity (Wildman–Crippen MR) is 95.7 cm³/mol. The molecule has 0 unspecified atom stereocenters. The summed E-state index contributed by atoms with van der Waals surface area (Å²) in [6, 6.07) is 0. The van der Waals surface area contributed by atoms with Crippen molar-refractivity contribution in [1.29, 1.82) is 0 Å². The largest absolute Gasteiger partial charge is 0.302 e. The summed E-state index contributed by atoms with van der Waals surface area (Å²) in [5.41, 5.74) is 1.15. The van der Waals surface area contributed by atoms with Crippen LogP contribution in [-0.4, -0.2) is 43.0 Å². The van der Waals surface area contributed by atoms with Gasteiger partial charge >= 0.3 is 0 Å². The molecule has 134 valence electrons. The van der Waals surface area contributed by atoms with Crippen molar-refractivity contribution < 1.29 is 13.2 Å². The molecule has 1 aliphatic carbocycles. The standard InChI is InChI=1S/C16H25N3O3S2/c1-11-3-4-13-14(9-11)23-16(17-13)18-15(20)10-12-5-7-19(8-6-12)24(2,21)22/h11-12H,3-10H2,1-2H3,(H,17,18,20)/t11-/m1/s1. The fourth-order valence-electron chi connectivity index (χ4n) is 3.47. The summed E-state index contributed by atoms with van der Waals surface area (Å²) in [7, 11) is -3.11. The zero-order valence-electron chi connectivity index (χ0n) is 14.2. The summed E-state index contributed by atoms with van der Waals surface area (Å²) in [4.78, 5) is 18.1. The Morgan fingerprint density at radius 2 is 2.04 bits per heavy atom. The first-order valence-electron chi connectivity index (χ1n) is 8.55. The molecule has 1 aromatic heterocycles. The van der Waals surface area contributed by atoms with Crippen LogP contribution in [0.1, 0.15) is 43.2 Å². The summed E-state index contributed by atoms with van der Waals surface area (Å²) in [6.45, 7) is 3.28. The van der Waals surface area contributed by atoms with Crippen LogP contribution in [0.25, 0.3) is 0 Å². The predicted octanol–water partition coefficient (Wildman–Crippen LogP) is 2.27. The van der Waals surface area contributed by atoms with E-state index >= 15 is 0 Å². The van der Waals surface area contributed by atoms with E-state index in [9.17, 15) is 13.2 Å². The quantitative estimate of drug-likeness (QED) is 0.880. The van der Waals surface area contributed by atoms with Gasteiger partial charge in [-0.25, -0.2) is 17.7 Å². The van der Waals surface area contributed by atoms with Gasteiger partial charge in [0.25, 0.3) is 0 Å². The number of piperidine rings is 1. The average molecular weight is 372 g/mol. The molecule has 0 radical (unpaired) electrons. The number of aromatic nitrogens is 1. The highest BCUT2D eigenvalue weighted by atomic mass is 32.2. The Bertz CT molecular complexity index is 706. The third-order valence-electron chi connectivity index (χ3n) is 4.95. The van der Waals surface area contributed by atoms with Crippen molar-refractivity contribution in [3.05, 3.63) is 10.6 Å². The van der Waals surface area contributed by atoms with Gasteiger partial charge in [-0.3, -0.25) is 4.79 Å². The number of thiazole rings is 1. The second kappa shape index (κ2) is 7.09. The molecule has 0 spiro atoms. The minimum absolute atomic E-state index is 0.00745. The van der Waals surface area contributed by atoms with Gasteiger partial charge in [0.05, 0.1) is 11.9 Å². The molecule has 1 aromatic rings. The van der Waals surface area contributed by atoms with Crippen LogP contribution in [0.5, 0.6) is 0 Å². The number of carbonyl (C=O) groups excluding carboxylic acids is 1. The Morgan fingerprint density at radius 1 is 1.33 bits per heavy atom. The van der Waals surface area contributed by atoms with Crippen molar-refractivity contribution in [2.45, 2.75) is 45.4 Å². The van der Waals surface area contributed by atoms with Crippen molar-refractivity contribution in [3.8, 4) is 0 Å². The molecule has 1 amide bonds. The molecule has 0 saturated carbocycles. The Hall–Kier alpha value is -0.990. The SMILES string of the molecule is C[C@@H]1CCc2nc(NC(=O)CC3CCN(S(C)(=O)=O)CC3)sc2C1. The van der Waals surface area contributed by atoms with E-state index in [1.54, 1.807) is 11.3 Å². The molecule has 24 heavy (non-hydrogen) atoms. The van der Waals surface area contributed by atoms with Gasteiger partial charge in [0.15, 0.2) is 5.13 Å². The summed E-state index contributed by atoms with van der Waals surface area (Å²) in [6.07, 6.45) is 6.41. The fourth-order valence-corrected chi connectivity index (χ4v) is 5.53. The molecule has 0 bridgehead atoms. The lowest BCUT2D eigenvalue weighted by atomic mass is 9.93. The van der Waals surface area contributed by atoms with E-state index in [2.05, 4.69) is 17.2 Å².